The van der Waals surface area contributed by atoms with Gasteiger partial charge in [-0.2, -0.15) is 0 Å². The van der Waals surface area contributed by atoms with E-state index in [0.717, 1.165) is 69.6 Å². The Morgan fingerprint density at radius 1 is 0.345 bits per heavy atom. The number of unbranched alkanes of at least 4 members (excludes halogenated alkanes) is 28. The third-order valence-electron chi connectivity index (χ3n) is 11.0. The first-order chi connectivity index (χ1) is 26.7. The second-order valence-corrected chi connectivity index (χ2v) is 17.7. The van der Waals surface area contributed by atoms with Crippen molar-refractivity contribution in [2.45, 2.75) is 272 Å². The lowest BCUT2D eigenvalue weighted by Crippen LogP contribution is -2.30. The van der Waals surface area contributed by atoms with Crippen molar-refractivity contribution in [2.75, 3.05) is 13.2 Å². The summed E-state index contributed by atoms with van der Waals surface area (Å²) in [6.07, 6.45) is 41.1. The average Bonchev–Trinajstić information content (AvgIpc) is 3.15. The molecule has 0 N–H and O–H groups in total. The summed E-state index contributed by atoms with van der Waals surface area (Å²) in [7, 11) is 0. The van der Waals surface area contributed by atoms with Crippen LogP contribution < -0.4 is 0 Å². The van der Waals surface area contributed by atoms with E-state index in [1.807, 2.05) is 0 Å². The van der Waals surface area contributed by atoms with Crippen LogP contribution in [0.15, 0.2) is 0 Å². The van der Waals surface area contributed by atoms with Crippen LogP contribution in [0.3, 0.4) is 0 Å². The summed E-state index contributed by atoms with van der Waals surface area (Å²) in [6, 6.07) is 0. The van der Waals surface area contributed by atoms with Gasteiger partial charge in [0.25, 0.3) is 0 Å². The van der Waals surface area contributed by atoms with Crippen molar-refractivity contribution in [2.24, 2.45) is 11.8 Å². The number of carbonyl (C=O) groups is 3. The Kier molecular flexibility index (Phi) is 40.8. The van der Waals surface area contributed by atoms with Crippen LogP contribution in [0.2, 0.25) is 0 Å². The predicted molar refractivity (Wildman–Crippen MR) is 233 cm³/mol. The van der Waals surface area contributed by atoms with Crippen molar-refractivity contribution in [1.82, 2.24) is 0 Å². The Labute approximate surface area is 342 Å². The van der Waals surface area contributed by atoms with E-state index >= 15 is 0 Å². The minimum Gasteiger partial charge on any atom is -0.462 e. The van der Waals surface area contributed by atoms with Crippen LogP contribution in [0.5, 0.6) is 0 Å². The molecule has 0 aromatic rings. The lowest BCUT2D eigenvalue weighted by Gasteiger charge is -2.18. The summed E-state index contributed by atoms with van der Waals surface area (Å²) in [5, 5.41) is 0. The van der Waals surface area contributed by atoms with E-state index in [0.29, 0.717) is 19.3 Å². The number of ether oxygens (including phenoxy) is 3. The van der Waals surface area contributed by atoms with E-state index in [9.17, 15) is 14.4 Å². The lowest BCUT2D eigenvalue weighted by atomic mass is 10.0. The maximum atomic E-state index is 12.7. The van der Waals surface area contributed by atoms with Crippen molar-refractivity contribution in [3.05, 3.63) is 0 Å². The molecule has 0 rings (SSSR count). The van der Waals surface area contributed by atoms with Gasteiger partial charge in [-0.1, -0.05) is 227 Å². The normalized spacial score (nSPS) is 12.1. The van der Waals surface area contributed by atoms with E-state index in [2.05, 4.69) is 34.6 Å². The summed E-state index contributed by atoms with van der Waals surface area (Å²) in [4.78, 5) is 37.6. The average molecular weight is 779 g/mol. The SMILES string of the molecule is CCCCCCCCCC(=O)OC[C@H](COC(=O)CCCCCCCCCCCCCCCCCCC(C)C)OC(=O)CCCCCCCCCCC(C)C. The van der Waals surface area contributed by atoms with E-state index in [-0.39, 0.29) is 31.1 Å². The number of hydrogen-bond donors (Lipinski definition) is 0. The standard InChI is InChI=1S/C49H94O6/c1-6-7-8-9-22-29-34-39-47(50)53-42-46(55-49(52)41-36-31-26-21-20-24-28-33-38-45(4)5)43-54-48(51)40-35-30-25-19-17-15-13-11-10-12-14-16-18-23-27-32-37-44(2)3/h44-46H,6-43H2,1-5H3/t46-/m1/s1. The van der Waals surface area contributed by atoms with Gasteiger partial charge >= 0.3 is 17.9 Å². The van der Waals surface area contributed by atoms with Crippen LogP contribution in [-0.2, 0) is 28.6 Å². The molecular formula is C49H94O6. The first-order valence-electron chi connectivity index (χ1n) is 24.2. The van der Waals surface area contributed by atoms with Crippen LogP contribution in [0.25, 0.3) is 0 Å². The van der Waals surface area contributed by atoms with Crippen LogP contribution in [0.4, 0.5) is 0 Å². The molecule has 0 aliphatic heterocycles. The monoisotopic (exact) mass is 779 g/mol. The Hall–Kier alpha value is -1.59. The van der Waals surface area contributed by atoms with Gasteiger partial charge in [-0.15, -0.1) is 0 Å². The highest BCUT2D eigenvalue weighted by Gasteiger charge is 2.19. The van der Waals surface area contributed by atoms with Gasteiger partial charge < -0.3 is 14.2 Å². The fraction of sp³-hybridized carbons (Fsp3) is 0.939. The van der Waals surface area contributed by atoms with Gasteiger partial charge in [-0.05, 0) is 31.1 Å². The van der Waals surface area contributed by atoms with Gasteiger partial charge in [0.2, 0.25) is 0 Å². The summed E-state index contributed by atoms with van der Waals surface area (Å²) >= 11 is 0. The quantitative estimate of drug-likeness (QED) is 0.0348. The van der Waals surface area contributed by atoms with Crippen LogP contribution in [0.1, 0.15) is 266 Å². The minimum absolute atomic E-state index is 0.0649. The first-order valence-corrected chi connectivity index (χ1v) is 24.2. The molecule has 0 aliphatic carbocycles. The van der Waals surface area contributed by atoms with Gasteiger partial charge in [-0.3, -0.25) is 14.4 Å². The molecule has 0 unspecified atom stereocenters. The largest absolute Gasteiger partial charge is 0.462 e. The van der Waals surface area contributed by atoms with Crippen molar-refractivity contribution in [1.29, 1.82) is 0 Å². The Morgan fingerprint density at radius 3 is 0.891 bits per heavy atom. The fourth-order valence-corrected chi connectivity index (χ4v) is 7.28. The molecule has 0 saturated carbocycles. The molecule has 326 valence electrons. The zero-order chi connectivity index (χ0) is 40.5. The summed E-state index contributed by atoms with van der Waals surface area (Å²) < 4.78 is 16.7. The molecule has 0 radical (unpaired) electrons. The zero-order valence-electron chi connectivity index (χ0n) is 37.6. The van der Waals surface area contributed by atoms with E-state index in [4.69, 9.17) is 14.2 Å². The van der Waals surface area contributed by atoms with Gasteiger partial charge in [0, 0.05) is 19.3 Å². The van der Waals surface area contributed by atoms with E-state index in [1.165, 1.54) is 154 Å². The number of carbonyl (C=O) groups excluding carboxylic acids is 3. The van der Waals surface area contributed by atoms with Crippen molar-refractivity contribution < 1.29 is 28.6 Å². The van der Waals surface area contributed by atoms with E-state index in [1.54, 1.807) is 0 Å². The molecule has 6 heteroatoms. The topological polar surface area (TPSA) is 78.9 Å². The predicted octanol–water partition coefficient (Wildman–Crippen LogP) is 15.4. The van der Waals surface area contributed by atoms with Crippen molar-refractivity contribution in [3.8, 4) is 0 Å². The minimum atomic E-state index is -0.760. The third kappa shape index (κ3) is 43.4. The van der Waals surface area contributed by atoms with Crippen LogP contribution in [-0.4, -0.2) is 37.2 Å². The molecule has 0 heterocycles. The Morgan fingerprint density at radius 2 is 0.600 bits per heavy atom. The van der Waals surface area contributed by atoms with Gasteiger partial charge in [0.05, 0.1) is 0 Å². The summed E-state index contributed by atoms with van der Waals surface area (Å²) in [5.74, 6) is 0.785. The van der Waals surface area contributed by atoms with Gasteiger partial charge in [-0.25, -0.2) is 0 Å². The molecule has 0 amide bonds. The van der Waals surface area contributed by atoms with E-state index < -0.39 is 6.10 Å². The maximum absolute atomic E-state index is 12.7. The molecule has 0 aliphatic rings. The zero-order valence-corrected chi connectivity index (χ0v) is 37.6. The lowest BCUT2D eigenvalue weighted by molar-refractivity contribution is -0.167. The number of rotatable bonds is 43. The van der Waals surface area contributed by atoms with Crippen LogP contribution in [0, 0.1) is 11.8 Å². The fourth-order valence-electron chi connectivity index (χ4n) is 7.28. The Balaban J connectivity index is 4.16. The van der Waals surface area contributed by atoms with Crippen LogP contribution >= 0.6 is 0 Å². The molecular weight excluding hydrogens is 685 g/mol. The highest BCUT2D eigenvalue weighted by atomic mass is 16.6. The van der Waals surface area contributed by atoms with Crippen molar-refractivity contribution in [3.63, 3.8) is 0 Å². The number of hydrogen-bond acceptors (Lipinski definition) is 6. The molecule has 0 bridgehead atoms. The maximum Gasteiger partial charge on any atom is 0.306 e. The molecule has 0 aromatic carbocycles. The molecule has 0 fully saturated rings. The molecule has 0 aromatic heterocycles. The molecule has 6 nitrogen and oxygen atoms in total. The highest BCUT2D eigenvalue weighted by molar-refractivity contribution is 5.71. The third-order valence-corrected chi connectivity index (χ3v) is 11.0. The highest BCUT2D eigenvalue weighted by Crippen LogP contribution is 2.17. The second kappa shape index (κ2) is 42.0. The van der Waals surface area contributed by atoms with Crippen molar-refractivity contribution >= 4 is 17.9 Å². The second-order valence-electron chi connectivity index (χ2n) is 17.7. The summed E-state index contributed by atoms with van der Waals surface area (Å²) in [5.41, 5.74) is 0. The molecule has 55 heavy (non-hydrogen) atoms. The summed E-state index contributed by atoms with van der Waals surface area (Å²) in [6.45, 7) is 11.3. The first kappa shape index (κ1) is 53.4. The van der Waals surface area contributed by atoms with Gasteiger partial charge in [0.15, 0.2) is 6.10 Å². The molecule has 0 saturated heterocycles. The smallest absolute Gasteiger partial charge is 0.306 e. The molecule has 1 atom stereocenters. The van der Waals surface area contributed by atoms with Gasteiger partial charge in [0.1, 0.15) is 13.2 Å². The molecule has 0 spiro atoms. The number of esters is 3. The Bertz CT molecular complexity index is 839.